The first kappa shape index (κ1) is 9.19. The Bertz CT molecular complexity index is 219. The molecule has 0 unspecified atom stereocenters. The highest BCUT2D eigenvalue weighted by atomic mass is 32.1. The fraction of sp³-hybridized carbons (Fsp3) is 0.375. The minimum Gasteiger partial charge on any atom is -0.249 e. The average molecular weight is 153 g/mol. The Morgan fingerprint density at radius 1 is 1.60 bits per heavy atom. The Balaban J connectivity index is 0.000000371. The van der Waals surface area contributed by atoms with Crippen LogP contribution in [0.25, 0.3) is 0 Å². The Morgan fingerprint density at radius 3 is 2.40 bits per heavy atom. The molecule has 0 aliphatic heterocycles. The van der Waals surface area contributed by atoms with Crippen LogP contribution < -0.4 is 0 Å². The molecule has 0 saturated heterocycles. The third-order valence-corrected chi connectivity index (χ3v) is 1.61. The molecule has 0 N–H and O–H groups in total. The van der Waals surface area contributed by atoms with Gasteiger partial charge in [0.1, 0.15) is 0 Å². The van der Waals surface area contributed by atoms with Gasteiger partial charge in [-0.1, -0.05) is 19.8 Å². The van der Waals surface area contributed by atoms with E-state index in [1.54, 1.807) is 17.5 Å². The van der Waals surface area contributed by atoms with Gasteiger partial charge in [0, 0.05) is 0 Å². The Labute approximate surface area is 66.1 Å². The van der Waals surface area contributed by atoms with Crippen LogP contribution in [-0.2, 0) is 0 Å². The van der Waals surface area contributed by atoms with Gasteiger partial charge in [-0.3, -0.25) is 0 Å². The molecule has 0 bridgehead atoms. The topological polar surface area (TPSA) is 12.9 Å². The fourth-order valence-electron chi connectivity index (χ4n) is 0.428. The Kier molecular flexibility index (Phi) is 4.61. The molecule has 0 amide bonds. The molecule has 0 aromatic carbocycles. The summed E-state index contributed by atoms with van der Waals surface area (Å²) >= 11 is 1.54. The SMILES string of the molecule is C#Cc1cnc(C)s1.CC. The fourth-order valence-corrected chi connectivity index (χ4v) is 1.02. The van der Waals surface area contributed by atoms with E-state index in [4.69, 9.17) is 6.42 Å². The highest BCUT2D eigenvalue weighted by Crippen LogP contribution is 2.08. The number of thiazole rings is 1. The highest BCUT2D eigenvalue weighted by Gasteiger charge is 1.89. The summed E-state index contributed by atoms with van der Waals surface area (Å²) in [4.78, 5) is 4.87. The van der Waals surface area contributed by atoms with E-state index in [9.17, 15) is 0 Å². The van der Waals surface area contributed by atoms with Crippen LogP contribution in [0.1, 0.15) is 23.7 Å². The third kappa shape index (κ3) is 2.65. The molecule has 0 atom stereocenters. The number of rotatable bonds is 0. The lowest BCUT2D eigenvalue weighted by atomic mass is 10.6. The molecule has 1 aromatic rings. The highest BCUT2D eigenvalue weighted by molar-refractivity contribution is 7.12. The molecule has 10 heavy (non-hydrogen) atoms. The molecule has 0 spiro atoms. The van der Waals surface area contributed by atoms with Gasteiger partial charge in [0.05, 0.1) is 16.1 Å². The minimum absolute atomic E-state index is 0.905. The maximum absolute atomic E-state index is 5.08. The van der Waals surface area contributed by atoms with Crippen molar-refractivity contribution in [1.82, 2.24) is 4.98 Å². The molecule has 0 aliphatic carbocycles. The summed E-state index contributed by atoms with van der Waals surface area (Å²) in [7, 11) is 0. The number of aryl methyl sites for hydroxylation is 1. The summed E-state index contributed by atoms with van der Waals surface area (Å²) in [6.07, 6.45) is 6.79. The van der Waals surface area contributed by atoms with Crippen molar-refractivity contribution in [3.05, 3.63) is 16.1 Å². The quantitative estimate of drug-likeness (QED) is 0.522. The summed E-state index contributed by atoms with van der Waals surface area (Å²) in [6, 6.07) is 0. The lowest BCUT2D eigenvalue weighted by Gasteiger charge is -1.68. The summed E-state index contributed by atoms with van der Waals surface area (Å²) in [6.45, 7) is 5.94. The van der Waals surface area contributed by atoms with E-state index in [1.165, 1.54) is 0 Å². The maximum atomic E-state index is 5.08. The predicted molar refractivity (Wildman–Crippen MR) is 46.1 cm³/mol. The van der Waals surface area contributed by atoms with E-state index in [0.717, 1.165) is 9.88 Å². The van der Waals surface area contributed by atoms with Crippen LogP contribution in [0.15, 0.2) is 6.20 Å². The zero-order valence-corrected chi connectivity index (χ0v) is 7.33. The minimum atomic E-state index is 0.905. The lowest BCUT2D eigenvalue weighted by Crippen LogP contribution is -1.57. The van der Waals surface area contributed by atoms with Crippen molar-refractivity contribution in [2.24, 2.45) is 0 Å². The van der Waals surface area contributed by atoms with Gasteiger partial charge < -0.3 is 0 Å². The molecular formula is C8H11NS. The Morgan fingerprint density at radius 2 is 2.20 bits per heavy atom. The van der Waals surface area contributed by atoms with Gasteiger partial charge in [0.15, 0.2) is 0 Å². The van der Waals surface area contributed by atoms with E-state index in [0.29, 0.717) is 0 Å². The van der Waals surface area contributed by atoms with E-state index < -0.39 is 0 Å². The summed E-state index contributed by atoms with van der Waals surface area (Å²) < 4.78 is 0. The second kappa shape index (κ2) is 5.01. The number of hydrogen-bond acceptors (Lipinski definition) is 2. The van der Waals surface area contributed by atoms with Gasteiger partial charge in [0.2, 0.25) is 0 Å². The van der Waals surface area contributed by atoms with E-state index in [-0.39, 0.29) is 0 Å². The first-order valence-corrected chi connectivity index (χ1v) is 4.03. The summed E-state index contributed by atoms with van der Waals surface area (Å²) in [5, 5.41) is 1.03. The van der Waals surface area contributed by atoms with E-state index in [2.05, 4.69) is 10.9 Å². The molecule has 1 heterocycles. The van der Waals surface area contributed by atoms with Crippen LogP contribution >= 0.6 is 11.3 Å². The van der Waals surface area contributed by atoms with Crippen LogP contribution in [0.4, 0.5) is 0 Å². The first-order chi connectivity index (χ1) is 4.83. The predicted octanol–water partition coefficient (Wildman–Crippen LogP) is 2.46. The number of nitrogens with zero attached hydrogens (tertiary/aromatic N) is 1. The van der Waals surface area contributed by atoms with Crippen LogP contribution in [0.2, 0.25) is 0 Å². The van der Waals surface area contributed by atoms with Crippen molar-refractivity contribution in [1.29, 1.82) is 0 Å². The van der Waals surface area contributed by atoms with E-state index >= 15 is 0 Å². The van der Waals surface area contributed by atoms with Crippen molar-refractivity contribution in [2.45, 2.75) is 20.8 Å². The lowest BCUT2D eigenvalue weighted by molar-refractivity contribution is 1.30. The van der Waals surface area contributed by atoms with Crippen LogP contribution in [0, 0.1) is 19.3 Å². The van der Waals surface area contributed by atoms with Gasteiger partial charge in [-0.05, 0) is 6.92 Å². The van der Waals surface area contributed by atoms with Crippen molar-refractivity contribution in [3.8, 4) is 12.3 Å². The molecular weight excluding hydrogens is 142 g/mol. The van der Waals surface area contributed by atoms with Crippen molar-refractivity contribution in [3.63, 3.8) is 0 Å². The van der Waals surface area contributed by atoms with Gasteiger partial charge >= 0.3 is 0 Å². The zero-order valence-electron chi connectivity index (χ0n) is 6.51. The average Bonchev–Trinajstić information content (AvgIpc) is 2.40. The third-order valence-electron chi connectivity index (χ3n) is 0.764. The molecule has 0 radical (unpaired) electrons. The van der Waals surface area contributed by atoms with Crippen molar-refractivity contribution < 1.29 is 0 Å². The van der Waals surface area contributed by atoms with Crippen molar-refractivity contribution in [2.75, 3.05) is 0 Å². The van der Waals surface area contributed by atoms with Crippen molar-refractivity contribution >= 4 is 11.3 Å². The molecule has 1 rings (SSSR count). The van der Waals surface area contributed by atoms with Crippen LogP contribution in [-0.4, -0.2) is 4.98 Å². The van der Waals surface area contributed by atoms with Crippen LogP contribution in [0.5, 0.6) is 0 Å². The van der Waals surface area contributed by atoms with Gasteiger partial charge in [-0.25, -0.2) is 4.98 Å². The smallest absolute Gasteiger partial charge is 0.0966 e. The molecule has 1 nitrogen and oxygen atoms in total. The van der Waals surface area contributed by atoms with Crippen LogP contribution in [0.3, 0.4) is 0 Å². The molecule has 0 aliphatic rings. The molecule has 2 heteroatoms. The largest absolute Gasteiger partial charge is 0.249 e. The standard InChI is InChI=1S/C6H5NS.C2H6/c1-3-6-4-7-5(2)8-6;1-2/h1,4H,2H3;1-2H3. The molecule has 0 fully saturated rings. The van der Waals surface area contributed by atoms with Gasteiger partial charge in [-0.15, -0.1) is 17.8 Å². The van der Waals surface area contributed by atoms with Gasteiger partial charge in [-0.2, -0.15) is 0 Å². The molecule has 54 valence electrons. The normalized spacial score (nSPS) is 7.40. The number of terminal acetylenes is 1. The Hall–Kier alpha value is -0.810. The molecule has 1 aromatic heterocycles. The zero-order chi connectivity index (χ0) is 7.98. The van der Waals surface area contributed by atoms with Gasteiger partial charge in [0.25, 0.3) is 0 Å². The summed E-state index contributed by atoms with van der Waals surface area (Å²) in [5.74, 6) is 2.50. The molecule has 0 saturated carbocycles. The monoisotopic (exact) mass is 153 g/mol. The van der Waals surface area contributed by atoms with E-state index in [1.807, 2.05) is 20.8 Å². The summed E-state index contributed by atoms with van der Waals surface area (Å²) in [5.41, 5.74) is 0. The first-order valence-electron chi connectivity index (χ1n) is 3.22. The number of aromatic nitrogens is 1. The second-order valence-corrected chi connectivity index (χ2v) is 2.62. The number of hydrogen-bond donors (Lipinski definition) is 0. The maximum Gasteiger partial charge on any atom is 0.0966 e. The second-order valence-electron chi connectivity index (χ2n) is 1.39.